The SMILES string of the molecule is c1cc(-c2cc3c4ccccc4n4c5ccccc5c(c2)c34)cc(-c2ncc3ccncc3n2)c1. The van der Waals surface area contributed by atoms with Crippen molar-refractivity contribution >= 4 is 49.0 Å². The van der Waals surface area contributed by atoms with Gasteiger partial charge in [0.2, 0.25) is 0 Å². The van der Waals surface area contributed by atoms with E-state index in [4.69, 9.17) is 4.98 Å². The third-order valence-corrected chi connectivity index (χ3v) is 7.04. The van der Waals surface area contributed by atoms with Crippen LogP contribution in [0.3, 0.4) is 0 Å². The molecule has 0 saturated heterocycles. The van der Waals surface area contributed by atoms with Crippen molar-refractivity contribution in [3.05, 3.63) is 110 Å². The first-order chi connectivity index (χ1) is 17.3. The highest BCUT2D eigenvalue weighted by Crippen LogP contribution is 2.41. The van der Waals surface area contributed by atoms with Gasteiger partial charge in [0, 0.05) is 44.9 Å². The normalized spacial score (nSPS) is 12.0. The third kappa shape index (κ3) is 2.59. The van der Waals surface area contributed by atoms with E-state index in [0.717, 1.165) is 22.0 Å². The Labute approximate surface area is 200 Å². The fourth-order valence-corrected chi connectivity index (χ4v) is 5.47. The zero-order valence-corrected chi connectivity index (χ0v) is 18.7. The van der Waals surface area contributed by atoms with Crippen molar-refractivity contribution in [1.29, 1.82) is 0 Å². The molecule has 162 valence electrons. The van der Waals surface area contributed by atoms with E-state index >= 15 is 0 Å². The summed E-state index contributed by atoms with van der Waals surface area (Å²) in [4.78, 5) is 13.6. The van der Waals surface area contributed by atoms with Crippen LogP contribution in [0.4, 0.5) is 0 Å². The van der Waals surface area contributed by atoms with Gasteiger partial charge in [-0.3, -0.25) is 4.98 Å². The molecule has 8 rings (SSSR count). The van der Waals surface area contributed by atoms with Gasteiger partial charge in [0.1, 0.15) is 0 Å². The molecule has 0 saturated carbocycles. The van der Waals surface area contributed by atoms with Gasteiger partial charge in [-0.15, -0.1) is 0 Å². The van der Waals surface area contributed by atoms with Gasteiger partial charge in [0.15, 0.2) is 5.82 Å². The highest BCUT2D eigenvalue weighted by molar-refractivity contribution is 6.24. The molecule has 8 aromatic rings. The van der Waals surface area contributed by atoms with Gasteiger partial charge < -0.3 is 4.40 Å². The van der Waals surface area contributed by atoms with Gasteiger partial charge >= 0.3 is 0 Å². The first-order valence-corrected chi connectivity index (χ1v) is 11.7. The van der Waals surface area contributed by atoms with Gasteiger partial charge in [-0.25, -0.2) is 9.97 Å². The predicted molar refractivity (Wildman–Crippen MR) is 143 cm³/mol. The zero-order chi connectivity index (χ0) is 22.9. The monoisotopic (exact) mass is 446 g/mol. The maximum atomic E-state index is 4.76. The summed E-state index contributed by atoms with van der Waals surface area (Å²) < 4.78 is 2.41. The van der Waals surface area contributed by atoms with Crippen LogP contribution in [0.15, 0.2) is 110 Å². The van der Waals surface area contributed by atoms with Gasteiger partial charge in [-0.05, 0) is 47.5 Å². The Kier molecular flexibility index (Phi) is 3.63. The van der Waals surface area contributed by atoms with E-state index < -0.39 is 0 Å². The van der Waals surface area contributed by atoms with Crippen LogP contribution < -0.4 is 0 Å². The standard InChI is InChI=1S/C31H18N4/c1-3-10-28-23(8-1)25-15-22(16-26-24-9-2-4-11-29(24)35(28)30(25)26)19-6-5-7-20(14-19)31-33-17-21-12-13-32-18-27(21)34-31/h1-18H. The smallest absolute Gasteiger partial charge is 0.159 e. The second-order valence-corrected chi connectivity index (χ2v) is 9.00. The van der Waals surface area contributed by atoms with Gasteiger partial charge in [0.25, 0.3) is 0 Å². The Balaban J connectivity index is 1.39. The van der Waals surface area contributed by atoms with E-state index in [1.54, 1.807) is 12.4 Å². The molecule has 4 aromatic carbocycles. The van der Waals surface area contributed by atoms with E-state index in [0.29, 0.717) is 5.82 Å². The van der Waals surface area contributed by atoms with E-state index in [1.807, 2.05) is 12.3 Å². The largest absolute Gasteiger partial charge is 0.308 e. The quantitative estimate of drug-likeness (QED) is 0.276. The third-order valence-electron chi connectivity index (χ3n) is 7.04. The fraction of sp³-hybridized carbons (Fsp3) is 0. The Bertz CT molecular complexity index is 1990. The second kappa shape index (κ2) is 6.84. The first kappa shape index (κ1) is 18.6. The molecule has 0 bridgehead atoms. The zero-order valence-electron chi connectivity index (χ0n) is 18.7. The van der Waals surface area contributed by atoms with Crippen LogP contribution >= 0.6 is 0 Å². The summed E-state index contributed by atoms with van der Waals surface area (Å²) in [5, 5.41) is 6.11. The first-order valence-electron chi connectivity index (χ1n) is 11.7. The van der Waals surface area contributed by atoms with Crippen LogP contribution in [0.1, 0.15) is 0 Å². The molecule has 0 spiro atoms. The summed E-state index contributed by atoms with van der Waals surface area (Å²) in [6.07, 6.45) is 5.42. The van der Waals surface area contributed by atoms with Crippen LogP contribution in [0.5, 0.6) is 0 Å². The number of para-hydroxylation sites is 2. The minimum atomic E-state index is 0.708. The average molecular weight is 447 g/mol. The molecule has 4 heterocycles. The van der Waals surface area contributed by atoms with Crippen LogP contribution in [0.25, 0.3) is 71.5 Å². The lowest BCUT2D eigenvalue weighted by Crippen LogP contribution is -1.91. The van der Waals surface area contributed by atoms with Crippen LogP contribution in [-0.2, 0) is 0 Å². The maximum Gasteiger partial charge on any atom is 0.159 e. The second-order valence-electron chi connectivity index (χ2n) is 9.00. The van der Waals surface area contributed by atoms with Crippen molar-refractivity contribution < 1.29 is 0 Å². The number of hydrogen-bond acceptors (Lipinski definition) is 3. The van der Waals surface area contributed by atoms with Gasteiger partial charge in [-0.1, -0.05) is 54.6 Å². The molecular weight excluding hydrogens is 428 g/mol. The summed E-state index contributed by atoms with van der Waals surface area (Å²) in [7, 11) is 0. The lowest BCUT2D eigenvalue weighted by molar-refractivity contribution is 1.21. The molecule has 4 aromatic heterocycles. The highest BCUT2D eigenvalue weighted by atomic mass is 14.9. The molecule has 0 aliphatic rings. The predicted octanol–water partition coefficient (Wildman–Crippen LogP) is 7.51. The Morgan fingerprint density at radius 2 is 1.29 bits per heavy atom. The van der Waals surface area contributed by atoms with Crippen LogP contribution in [0.2, 0.25) is 0 Å². The van der Waals surface area contributed by atoms with Crippen molar-refractivity contribution in [2.45, 2.75) is 0 Å². The minimum Gasteiger partial charge on any atom is -0.308 e. The van der Waals surface area contributed by atoms with Crippen molar-refractivity contribution in [2.24, 2.45) is 0 Å². The number of aromatic nitrogens is 4. The van der Waals surface area contributed by atoms with Crippen LogP contribution in [0, 0.1) is 0 Å². The molecule has 35 heavy (non-hydrogen) atoms. The Morgan fingerprint density at radius 3 is 2.06 bits per heavy atom. The molecule has 0 amide bonds. The minimum absolute atomic E-state index is 0.708. The van der Waals surface area contributed by atoms with Crippen molar-refractivity contribution in [3.63, 3.8) is 0 Å². The van der Waals surface area contributed by atoms with Crippen molar-refractivity contribution in [1.82, 2.24) is 19.4 Å². The van der Waals surface area contributed by atoms with Crippen molar-refractivity contribution in [2.75, 3.05) is 0 Å². The highest BCUT2D eigenvalue weighted by Gasteiger charge is 2.18. The lowest BCUT2D eigenvalue weighted by atomic mass is 9.98. The van der Waals surface area contributed by atoms with E-state index in [-0.39, 0.29) is 0 Å². The summed E-state index contributed by atoms with van der Waals surface area (Å²) in [6.45, 7) is 0. The molecule has 0 atom stereocenters. The Morgan fingerprint density at radius 1 is 0.571 bits per heavy atom. The molecule has 0 aliphatic carbocycles. The molecule has 0 aliphatic heterocycles. The maximum absolute atomic E-state index is 4.76. The molecule has 4 nitrogen and oxygen atoms in total. The molecule has 0 fully saturated rings. The number of benzene rings is 4. The lowest BCUT2D eigenvalue weighted by Gasteiger charge is -2.07. The van der Waals surface area contributed by atoms with E-state index in [1.165, 1.54) is 43.7 Å². The van der Waals surface area contributed by atoms with Crippen molar-refractivity contribution in [3.8, 4) is 22.5 Å². The summed E-state index contributed by atoms with van der Waals surface area (Å²) in [6, 6.07) is 32.5. The Hall–Kier alpha value is -4.83. The number of hydrogen-bond donors (Lipinski definition) is 0. The molecular formula is C31H18N4. The average Bonchev–Trinajstić information content (AvgIpc) is 3.44. The van der Waals surface area contributed by atoms with E-state index in [9.17, 15) is 0 Å². The number of nitrogens with zero attached hydrogens (tertiary/aromatic N) is 4. The summed E-state index contributed by atoms with van der Waals surface area (Å²) >= 11 is 0. The summed E-state index contributed by atoms with van der Waals surface area (Å²) in [5.41, 5.74) is 7.97. The number of fused-ring (bicyclic) bond motifs is 7. The molecule has 0 N–H and O–H groups in total. The van der Waals surface area contributed by atoms with Crippen LogP contribution in [-0.4, -0.2) is 19.4 Å². The molecule has 0 unspecified atom stereocenters. The van der Waals surface area contributed by atoms with Gasteiger partial charge in [-0.2, -0.15) is 0 Å². The van der Waals surface area contributed by atoms with Gasteiger partial charge in [0.05, 0.1) is 28.3 Å². The topological polar surface area (TPSA) is 43.1 Å². The molecule has 4 heteroatoms. The summed E-state index contributed by atoms with van der Waals surface area (Å²) in [5.74, 6) is 0.708. The number of rotatable bonds is 2. The number of pyridine rings is 1. The van der Waals surface area contributed by atoms with E-state index in [2.05, 4.69) is 99.3 Å². The molecule has 0 radical (unpaired) electrons. The fourth-order valence-electron chi connectivity index (χ4n) is 5.47.